The number of nitrogens with two attached hydrogens (primary N) is 1. The number of carbonyl (C=O) groups is 1. The fourth-order valence-electron chi connectivity index (χ4n) is 1.52. The quantitative estimate of drug-likeness (QED) is 0.505. The molecule has 1 atom stereocenters. The van der Waals surface area contributed by atoms with Gasteiger partial charge in [-0.25, -0.2) is 0 Å². The summed E-state index contributed by atoms with van der Waals surface area (Å²) in [6.45, 7) is 1.47. The van der Waals surface area contributed by atoms with Gasteiger partial charge in [0.2, 0.25) is 0 Å². The maximum absolute atomic E-state index is 11.6. The monoisotopic (exact) mass is 283 g/mol. The molecule has 0 aliphatic carbocycles. The van der Waals surface area contributed by atoms with Gasteiger partial charge in [0.05, 0.1) is 19.8 Å². The summed E-state index contributed by atoms with van der Waals surface area (Å²) in [5.41, 5.74) is 6.62. The molecule has 0 saturated carbocycles. The van der Waals surface area contributed by atoms with E-state index in [0.29, 0.717) is 26.2 Å². The van der Waals surface area contributed by atoms with Crippen molar-refractivity contribution in [2.45, 2.75) is 12.5 Å². The van der Waals surface area contributed by atoms with Crippen molar-refractivity contribution in [2.24, 2.45) is 5.73 Å². The van der Waals surface area contributed by atoms with Gasteiger partial charge in [-0.15, -0.1) is 0 Å². The lowest BCUT2D eigenvalue weighted by atomic mass is 10.1. The van der Waals surface area contributed by atoms with Crippen LogP contribution in [0, 0.1) is 0 Å². The Hall–Kier alpha value is -1.63. The van der Waals surface area contributed by atoms with E-state index in [1.54, 1.807) is 31.4 Å². The number of hydrogen-bond acceptors (Lipinski definition) is 6. The Balaban J connectivity index is 2.20. The molecule has 6 heteroatoms. The molecule has 0 amide bonds. The summed E-state index contributed by atoms with van der Waals surface area (Å²) < 4.78 is 15.0. The van der Waals surface area contributed by atoms with Crippen molar-refractivity contribution in [2.75, 3.05) is 33.5 Å². The second kappa shape index (κ2) is 9.30. The molecule has 20 heavy (non-hydrogen) atoms. The van der Waals surface area contributed by atoms with E-state index in [9.17, 15) is 4.79 Å². The predicted molar refractivity (Wildman–Crippen MR) is 73.4 cm³/mol. The summed E-state index contributed by atoms with van der Waals surface area (Å²) in [6.07, 6.45) is 0.365. The van der Waals surface area contributed by atoms with Crippen LogP contribution in [0.3, 0.4) is 0 Å². The first-order valence-corrected chi connectivity index (χ1v) is 6.40. The van der Waals surface area contributed by atoms with Crippen molar-refractivity contribution >= 4 is 5.97 Å². The lowest BCUT2D eigenvalue weighted by Gasteiger charge is -2.12. The van der Waals surface area contributed by atoms with Gasteiger partial charge >= 0.3 is 5.97 Å². The Bertz CT molecular complexity index is 393. The number of esters is 1. The van der Waals surface area contributed by atoms with E-state index < -0.39 is 12.0 Å². The van der Waals surface area contributed by atoms with Gasteiger partial charge in [0.15, 0.2) is 0 Å². The maximum atomic E-state index is 11.6. The van der Waals surface area contributed by atoms with E-state index >= 15 is 0 Å². The van der Waals surface area contributed by atoms with Crippen molar-refractivity contribution in [3.63, 3.8) is 0 Å². The molecular weight excluding hydrogens is 262 g/mol. The molecule has 0 spiro atoms. The number of methoxy groups -OCH3 is 1. The average molecular weight is 283 g/mol. The molecule has 0 saturated heterocycles. The van der Waals surface area contributed by atoms with Crippen LogP contribution in [0.2, 0.25) is 0 Å². The first-order valence-electron chi connectivity index (χ1n) is 6.40. The Morgan fingerprint density at radius 3 is 2.50 bits per heavy atom. The van der Waals surface area contributed by atoms with Crippen LogP contribution in [0.15, 0.2) is 24.3 Å². The van der Waals surface area contributed by atoms with Gasteiger partial charge in [0, 0.05) is 7.11 Å². The molecule has 0 heterocycles. The third-order valence-corrected chi connectivity index (χ3v) is 2.60. The first-order chi connectivity index (χ1) is 9.63. The summed E-state index contributed by atoms with van der Waals surface area (Å²) in [6, 6.07) is 5.82. The Kier molecular flexibility index (Phi) is 7.64. The minimum Gasteiger partial charge on any atom is -0.508 e. The third-order valence-electron chi connectivity index (χ3n) is 2.60. The summed E-state index contributed by atoms with van der Waals surface area (Å²) >= 11 is 0. The molecule has 3 N–H and O–H groups in total. The smallest absolute Gasteiger partial charge is 0.323 e. The lowest BCUT2D eigenvalue weighted by molar-refractivity contribution is -0.146. The van der Waals surface area contributed by atoms with E-state index in [2.05, 4.69) is 0 Å². The van der Waals surface area contributed by atoms with Gasteiger partial charge in [0.25, 0.3) is 0 Å². The summed E-state index contributed by atoms with van der Waals surface area (Å²) in [7, 11) is 1.59. The minimum atomic E-state index is -0.724. The Labute approximate surface area is 118 Å². The van der Waals surface area contributed by atoms with Crippen LogP contribution in [0.1, 0.15) is 5.56 Å². The SMILES string of the molecule is COCCOCCOC(=O)[C@@H](N)Cc1ccc(O)cc1. The van der Waals surface area contributed by atoms with Gasteiger partial charge in [-0.2, -0.15) is 0 Å². The molecular formula is C14H21NO5. The molecule has 0 radical (unpaired) electrons. The zero-order chi connectivity index (χ0) is 14.8. The van der Waals surface area contributed by atoms with Crippen molar-refractivity contribution in [1.29, 1.82) is 0 Å². The van der Waals surface area contributed by atoms with Crippen LogP contribution >= 0.6 is 0 Å². The molecule has 1 aromatic rings. The molecule has 112 valence electrons. The van der Waals surface area contributed by atoms with E-state index in [1.807, 2.05) is 0 Å². The van der Waals surface area contributed by atoms with Crippen LogP contribution < -0.4 is 5.73 Å². The van der Waals surface area contributed by atoms with Gasteiger partial charge in [0.1, 0.15) is 18.4 Å². The Morgan fingerprint density at radius 2 is 1.85 bits per heavy atom. The van der Waals surface area contributed by atoms with Crippen LogP contribution in [0.5, 0.6) is 5.75 Å². The molecule has 6 nitrogen and oxygen atoms in total. The topological polar surface area (TPSA) is 91.0 Å². The fraction of sp³-hybridized carbons (Fsp3) is 0.500. The largest absolute Gasteiger partial charge is 0.508 e. The lowest BCUT2D eigenvalue weighted by Crippen LogP contribution is -2.35. The van der Waals surface area contributed by atoms with Crippen LogP contribution in [0.25, 0.3) is 0 Å². The number of phenolic OH excluding ortho intramolecular Hbond substituents is 1. The van der Waals surface area contributed by atoms with Gasteiger partial charge in [-0.05, 0) is 24.1 Å². The molecule has 0 bridgehead atoms. The number of phenols is 1. The Morgan fingerprint density at radius 1 is 1.20 bits per heavy atom. The first kappa shape index (κ1) is 16.4. The average Bonchev–Trinajstić information content (AvgIpc) is 2.45. The number of rotatable bonds is 9. The van der Waals surface area contributed by atoms with Crippen molar-refractivity contribution in [3.8, 4) is 5.75 Å². The van der Waals surface area contributed by atoms with Gasteiger partial charge in [-0.1, -0.05) is 12.1 Å². The van der Waals surface area contributed by atoms with Crippen molar-refractivity contribution < 1.29 is 24.1 Å². The summed E-state index contributed by atoms with van der Waals surface area (Å²) in [5.74, 6) is -0.286. The number of carbonyl (C=O) groups excluding carboxylic acids is 1. The summed E-state index contributed by atoms with van der Waals surface area (Å²) in [5, 5.41) is 9.16. The normalized spacial score (nSPS) is 12.1. The zero-order valence-corrected chi connectivity index (χ0v) is 11.6. The standard InChI is InChI=1S/C14H21NO5/c1-18-6-7-19-8-9-20-14(17)13(15)10-11-2-4-12(16)5-3-11/h2-5,13,16H,6-10,15H2,1H3/t13-/m0/s1. The third kappa shape index (κ3) is 6.51. The van der Waals surface area contributed by atoms with Gasteiger partial charge in [-0.3, -0.25) is 4.79 Å². The molecule has 1 aromatic carbocycles. The molecule has 0 aliphatic heterocycles. The van der Waals surface area contributed by atoms with E-state index in [-0.39, 0.29) is 12.4 Å². The zero-order valence-electron chi connectivity index (χ0n) is 11.6. The van der Waals surface area contributed by atoms with E-state index in [4.69, 9.17) is 25.1 Å². The predicted octanol–water partition coefficient (Wildman–Crippen LogP) is 0.468. The molecule has 0 unspecified atom stereocenters. The highest BCUT2D eigenvalue weighted by molar-refractivity contribution is 5.75. The van der Waals surface area contributed by atoms with E-state index in [0.717, 1.165) is 5.56 Å². The van der Waals surface area contributed by atoms with Crippen LogP contribution in [0.4, 0.5) is 0 Å². The number of hydrogen-bond donors (Lipinski definition) is 2. The van der Waals surface area contributed by atoms with Gasteiger partial charge < -0.3 is 25.1 Å². The number of benzene rings is 1. The van der Waals surface area contributed by atoms with Crippen LogP contribution in [-0.2, 0) is 25.4 Å². The van der Waals surface area contributed by atoms with Crippen molar-refractivity contribution in [3.05, 3.63) is 29.8 Å². The highest BCUT2D eigenvalue weighted by Crippen LogP contribution is 2.11. The van der Waals surface area contributed by atoms with Crippen LogP contribution in [-0.4, -0.2) is 50.7 Å². The molecule has 0 aliphatic rings. The minimum absolute atomic E-state index is 0.172. The fourth-order valence-corrected chi connectivity index (χ4v) is 1.52. The molecule has 1 rings (SSSR count). The molecule has 0 fully saturated rings. The van der Waals surface area contributed by atoms with Crippen molar-refractivity contribution in [1.82, 2.24) is 0 Å². The summed E-state index contributed by atoms with van der Waals surface area (Å²) in [4.78, 5) is 11.6. The van der Waals surface area contributed by atoms with E-state index in [1.165, 1.54) is 0 Å². The second-order valence-electron chi connectivity index (χ2n) is 4.25. The second-order valence-corrected chi connectivity index (χ2v) is 4.25. The number of ether oxygens (including phenoxy) is 3. The number of aromatic hydroxyl groups is 1. The molecule has 0 aromatic heterocycles. The highest BCUT2D eigenvalue weighted by atomic mass is 16.6. The maximum Gasteiger partial charge on any atom is 0.323 e. The highest BCUT2D eigenvalue weighted by Gasteiger charge is 2.15.